The molecule has 3 unspecified atom stereocenters. The number of hydrogen-bond donors (Lipinski definition) is 2. The Morgan fingerprint density at radius 2 is 1.89 bits per heavy atom. The van der Waals surface area contributed by atoms with E-state index in [9.17, 15) is 4.79 Å². The molecule has 3 aliphatic rings. The molecule has 1 saturated carbocycles. The summed E-state index contributed by atoms with van der Waals surface area (Å²) in [5.41, 5.74) is 0. The Morgan fingerprint density at radius 3 is 2.61 bits per heavy atom. The van der Waals surface area contributed by atoms with Gasteiger partial charge in [-0.25, -0.2) is 0 Å². The van der Waals surface area contributed by atoms with Gasteiger partial charge >= 0.3 is 0 Å². The maximum Gasteiger partial charge on any atom is 0.225 e. The van der Waals surface area contributed by atoms with Crippen molar-refractivity contribution in [2.45, 2.75) is 77.8 Å². The first kappa shape index (κ1) is 21.4. The van der Waals surface area contributed by atoms with Gasteiger partial charge in [0.25, 0.3) is 0 Å². The van der Waals surface area contributed by atoms with Crippen LogP contribution in [0.5, 0.6) is 0 Å². The number of nitrogens with zero attached hydrogens (tertiary/aromatic N) is 3. The van der Waals surface area contributed by atoms with Crippen molar-refractivity contribution < 1.29 is 4.79 Å². The Morgan fingerprint density at radius 1 is 1.11 bits per heavy atom. The first-order valence-corrected chi connectivity index (χ1v) is 11.6. The van der Waals surface area contributed by atoms with E-state index in [4.69, 9.17) is 4.99 Å². The number of aliphatic imine (C=N–C) groups is 1. The molecule has 6 heteroatoms. The molecular formula is C22H41N5O. The van der Waals surface area contributed by atoms with Crippen LogP contribution < -0.4 is 10.6 Å². The second-order valence-electron chi connectivity index (χ2n) is 9.21. The maximum atomic E-state index is 12.7. The van der Waals surface area contributed by atoms with Crippen molar-refractivity contribution in [3.8, 4) is 0 Å². The highest BCUT2D eigenvalue weighted by molar-refractivity contribution is 5.81. The van der Waals surface area contributed by atoms with E-state index in [1.807, 2.05) is 0 Å². The van der Waals surface area contributed by atoms with Gasteiger partial charge in [-0.1, -0.05) is 19.8 Å². The molecule has 0 radical (unpaired) electrons. The van der Waals surface area contributed by atoms with Crippen molar-refractivity contribution in [1.82, 2.24) is 20.4 Å². The van der Waals surface area contributed by atoms with Crippen molar-refractivity contribution in [2.75, 3.05) is 39.3 Å². The molecular weight excluding hydrogens is 350 g/mol. The second kappa shape index (κ2) is 10.5. The number of nitrogens with one attached hydrogen (secondary N) is 2. The Bertz CT molecular complexity index is 531. The van der Waals surface area contributed by atoms with Gasteiger partial charge < -0.3 is 15.5 Å². The largest absolute Gasteiger partial charge is 0.357 e. The fourth-order valence-corrected chi connectivity index (χ4v) is 4.99. The molecule has 1 aliphatic carbocycles. The summed E-state index contributed by atoms with van der Waals surface area (Å²) in [6, 6.07) is 0.788. The smallest absolute Gasteiger partial charge is 0.225 e. The number of hydrogen-bond acceptors (Lipinski definition) is 3. The molecule has 6 nitrogen and oxygen atoms in total. The van der Waals surface area contributed by atoms with Crippen LogP contribution in [0.15, 0.2) is 4.99 Å². The normalized spacial score (nSPS) is 28.5. The molecule has 160 valence electrons. The van der Waals surface area contributed by atoms with E-state index in [0.717, 1.165) is 57.3 Å². The van der Waals surface area contributed by atoms with Crippen LogP contribution in [0.4, 0.5) is 0 Å². The quantitative estimate of drug-likeness (QED) is 0.539. The predicted octanol–water partition coefficient (Wildman–Crippen LogP) is 2.45. The summed E-state index contributed by atoms with van der Waals surface area (Å²) in [5.74, 6) is 2.37. The summed E-state index contributed by atoms with van der Waals surface area (Å²) in [6.07, 6.45) is 8.29. The van der Waals surface area contributed by atoms with E-state index in [1.165, 1.54) is 38.8 Å². The van der Waals surface area contributed by atoms with Crippen LogP contribution in [0.2, 0.25) is 0 Å². The fraction of sp³-hybridized carbons (Fsp3) is 0.909. The molecule has 2 aliphatic heterocycles. The molecule has 3 rings (SSSR count). The highest BCUT2D eigenvalue weighted by Gasteiger charge is 2.32. The van der Waals surface area contributed by atoms with Crippen LogP contribution in [-0.4, -0.2) is 73.0 Å². The third-order valence-electron chi connectivity index (χ3n) is 6.71. The van der Waals surface area contributed by atoms with E-state index in [2.05, 4.69) is 41.2 Å². The monoisotopic (exact) mass is 391 g/mol. The van der Waals surface area contributed by atoms with E-state index < -0.39 is 0 Å². The van der Waals surface area contributed by atoms with Gasteiger partial charge in [0.15, 0.2) is 5.96 Å². The zero-order valence-electron chi connectivity index (χ0n) is 18.3. The Kier molecular flexibility index (Phi) is 8.00. The van der Waals surface area contributed by atoms with E-state index in [0.29, 0.717) is 18.0 Å². The minimum atomic E-state index is 0.286. The number of guanidine groups is 1. The van der Waals surface area contributed by atoms with Crippen LogP contribution >= 0.6 is 0 Å². The van der Waals surface area contributed by atoms with Gasteiger partial charge in [-0.3, -0.25) is 14.7 Å². The molecule has 0 aromatic carbocycles. The van der Waals surface area contributed by atoms with E-state index in [-0.39, 0.29) is 5.92 Å². The van der Waals surface area contributed by atoms with Crippen molar-refractivity contribution in [3.05, 3.63) is 0 Å². The first-order valence-electron chi connectivity index (χ1n) is 11.6. The summed E-state index contributed by atoms with van der Waals surface area (Å²) in [6.45, 7) is 12.5. The lowest BCUT2D eigenvalue weighted by molar-refractivity contribution is -0.134. The van der Waals surface area contributed by atoms with Gasteiger partial charge in [0.05, 0.1) is 6.54 Å². The lowest BCUT2D eigenvalue weighted by Gasteiger charge is -2.35. The predicted molar refractivity (Wildman–Crippen MR) is 115 cm³/mol. The number of likely N-dealkylation sites (tertiary alicyclic amines) is 2. The zero-order valence-corrected chi connectivity index (χ0v) is 18.3. The Balaban J connectivity index is 1.48. The van der Waals surface area contributed by atoms with Gasteiger partial charge in [0, 0.05) is 44.2 Å². The molecule has 3 atom stereocenters. The van der Waals surface area contributed by atoms with E-state index in [1.54, 1.807) is 0 Å². The van der Waals surface area contributed by atoms with Crippen LogP contribution in [0.25, 0.3) is 0 Å². The number of amides is 1. The fourth-order valence-electron chi connectivity index (χ4n) is 4.99. The minimum Gasteiger partial charge on any atom is -0.357 e. The standard InChI is InChI=1S/C22H41N5O/c1-4-23-22(24-14-18(3)26-12-7-8-17(2)15-26)25-20-11-13-27(16-20)21(28)19-9-5-6-10-19/h17-20H,4-16H2,1-3H3,(H2,23,24,25). The second-order valence-corrected chi connectivity index (χ2v) is 9.21. The summed E-state index contributed by atoms with van der Waals surface area (Å²) in [4.78, 5) is 22.2. The molecule has 0 spiro atoms. The van der Waals surface area contributed by atoms with Crippen molar-refractivity contribution in [2.24, 2.45) is 16.8 Å². The molecule has 3 fully saturated rings. The Hall–Kier alpha value is -1.30. The van der Waals surface area contributed by atoms with Gasteiger partial charge in [-0.2, -0.15) is 0 Å². The Labute approximate surface area is 171 Å². The summed E-state index contributed by atoms with van der Waals surface area (Å²) in [7, 11) is 0. The molecule has 28 heavy (non-hydrogen) atoms. The average Bonchev–Trinajstić information content (AvgIpc) is 3.38. The summed E-state index contributed by atoms with van der Waals surface area (Å²) < 4.78 is 0. The van der Waals surface area contributed by atoms with E-state index >= 15 is 0 Å². The average molecular weight is 392 g/mol. The first-order chi connectivity index (χ1) is 13.6. The van der Waals surface area contributed by atoms with Crippen molar-refractivity contribution in [3.63, 3.8) is 0 Å². The molecule has 0 aromatic rings. The number of carbonyl (C=O) groups is 1. The molecule has 2 saturated heterocycles. The number of carbonyl (C=O) groups excluding carboxylic acids is 1. The topological polar surface area (TPSA) is 60.0 Å². The molecule has 0 aromatic heterocycles. The van der Waals surface area contributed by atoms with Crippen LogP contribution in [-0.2, 0) is 4.79 Å². The van der Waals surface area contributed by atoms with Crippen molar-refractivity contribution >= 4 is 11.9 Å². The molecule has 2 heterocycles. The lowest BCUT2D eigenvalue weighted by atomic mass is 9.99. The maximum absolute atomic E-state index is 12.7. The van der Waals surface area contributed by atoms with Gasteiger partial charge in [0.2, 0.25) is 5.91 Å². The summed E-state index contributed by atoms with van der Waals surface area (Å²) in [5, 5.41) is 6.98. The minimum absolute atomic E-state index is 0.286. The zero-order chi connectivity index (χ0) is 19.9. The third kappa shape index (κ3) is 5.85. The van der Waals surface area contributed by atoms with Crippen LogP contribution in [0, 0.1) is 11.8 Å². The molecule has 1 amide bonds. The van der Waals surface area contributed by atoms with Gasteiger partial charge in [0.1, 0.15) is 0 Å². The summed E-state index contributed by atoms with van der Waals surface area (Å²) >= 11 is 0. The number of rotatable bonds is 6. The lowest BCUT2D eigenvalue weighted by Crippen LogP contribution is -2.46. The SMILES string of the molecule is CCNC(=NCC(C)N1CCCC(C)C1)NC1CCN(C(=O)C2CCCC2)C1. The van der Waals surface area contributed by atoms with Gasteiger partial charge in [-0.15, -0.1) is 0 Å². The molecule has 2 N–H and O–H groups in total. The molecule has 0 bridgehead atoms. The highest BCUT2D eigenvalue weighted by atomic mass is 16.2. The van der Waals surface area contributed by atoms with Crippen molar-refractivity contribution in [1.29, 1.82) is 0 Å². The number of piperidine rings is 1. The van der Waals surface area contributed by atoms with Gasteiger partial charge in [-0.05, 0) is 58.4 Å². The van der Waals surface area contributed by atoms with Crippen LogP contribution in [0.3, 0.4) is 0 Å². The third-order valence-corrected chi connectivity index (χ3v) is 6.71. The van der Waals surface area contributed by atoms with Crippen LogP contribution in [0.1, 0.15) is 65.7 Å². The highest BCUT2D eigenvalue weighted by Crippen LogP contribution is 2.27.